The average Bonchev–Trinajstić information content (AvgIpc) is 2.36. The lowest BCUT2D eigenvalue weighted by Crippen LogP contribution is -2.38. The van der Waals surface area contributed by atoms with Gasteiger partial charge < -0.3 is 16.0 Å². The van der Waals surface area contributed by atoms with Crippen LogP contribution >= 0.6 is 0 Å². The Bertz CT molecular complexity index is 451. The SMILES string of the molecule is CNCC(C)C(=O)NCC(=O)Nc1cccc(F)c1. The molecular weight excluding hydrogens is 249 g/mol. The van der Waals surface area contributed by atoms with E-state index in [2.05, 4.69) is 16.0 Å². The quantitative estimate of drug-likeness (QED) is 0.712. The highest BCUT2D eigenvalue weighted by Gasteiger charge is 2.12. The van der Waals surface area contributed by atoms with Gasteiger partial charge in [0.25, 0.3) is 0 Å². The Hall–Kier alpha value is -1.95. The first-order valence-corrected chi connectivity index (χ1v) is 6.00. The second kappa shape index (κ2) is 7.48. The molecule has 0 bridgehead atoms. The smallest absolute Gasteiger partial charge is 0.243 e. The van der Waals surface area contributed by atoms with Gasteiger partial charge in [0.15, 0.2) is 0 Å². The van der Waals surface area contributed by atoms with Gasteiger partial charge in [-0.25, -0.2) is 4.39 Å². The Morgan fingerprint density at radius 1 is 1.37 bits per heavy atom. The Morgan fingerprint density at radius 3 is 2.74 bits per heavy atom. The highest BCUT2D eigenvalue weighted by Crippen LogP contribution is 2.08. The van der Waals surface area contributed by atoms with Gasteiger partial charge in [0.1, 0.15) is 5.82 Å². The van der Waals surface area contributed by atoms with Crippen molar-refractivity contribution in [2.45, 2.75) is 6.92 Å². The van der Waals surface area contributed by atoms with Gasteiger partial charge in [-0.2, -0.15) is 0 Å². The highest BCUT2D eigenvalue weighted by molar-refractivity contribution is 5.94. The summed E-state index contributed by atoms with van der Waals surface area (Å²) in [6.45, 7) is 2.16. The fraction of sp³-hybridized carbons (Fsp3) is 0.385. The van der Waals surface area contributed by atoms with E-state index in [0.717, 1.165) is 0 Å². The second-order valence-corrected chi connectivity index (χ2v) is 4.24. The molecule has 2 amide bonds. The van der Waals surface area contributed by atoms with Gasteiger partial charge in [-0.3, -0.25) is 9.59 Å². The third-order valence-electron chi connectivity index (χ3n) is 2.49. The molecule has 0 aliphatic carbocycles. The average molecular weight is 267 g/mol. The van der Waals surface area contributed by atoms with Crippen LogP contribution in [0.15, 0.2) is 24.3 Å². The van der Waals surface area contributed by atoms with Crippen molar-refractivity contribution in [1.29, 1.82) is 0 Å². The van der Waals surface area contributed by atoms with E-state index in [1.54, 1.807) is 20.0 Å². The molecule has 0 aliphatic rings. The van der Waals surface area contributed by atoms with E-state index < -0.39 is 11.7 Å². The van der Waals surface area contributed by atoms with E-state index in [9.17, 15) is 14.0 Å². The molecule has 0 spiro atoms. The van der Waals surface area contributed by atoms with Crippen LogP contribution in [0.2, 0.25) is 0 Å². The zero-order valence-corrected chi connectivity index (χ0v) is 11.0. The van der Waals surface area contributed by atoms with Crippen molar-refractivity contribution in [2.75, 3.05) is 25.5 Å². The molecule has 0 saturated heterocycles. The monoisotopic (exact) mass is 267 g/mol. The Balaban J connectivity index is 2.38. The molecule has 0 saturated carbocycles. The maximum atomic E-state index is 12.9. The summed E-state index contributed by atoms with van der Waals surface area (Å²) >= 11 is 0. The molecule has 0 fully saturated rings. The number of anilines is 1. The molecule has 1 unspecified atom stereocenters. The summed E-state index contributed by atoms with van der Waals surface area (Å²) in [5.41, 5.74) is 0.363. The van der Waals surface area contributed by atoms with Gasteiger partial charge in [0, 0.05) is 18.2 Å². The van der Waals surface area contributed by atoms with Crippen molar-refractivity contribution in [3.05, 3.63) is 30.1 Å². The molecule has 104 valence electrons. The number of hydrogen-bond donors (Lipinski definition) is 3. The van der Waals surface area contributed by atoms with Crippen molar-refractivity contribution in [1.82, 2.24) is 10.6 Å². The van der Waals surface area contributed by atoms with Gasteiger partial charge in [0.05, 0.1) is 6.54 Å². The molecule has 19 heavy (non-hydrogen) atoms. The van der Waals surface area contributed by atoms with Crippen LogP contribution in [-0.4, -0.2) is 32.0 Å². The maximum Gasteiger partial charge on any atom is 0.243 e. The van der Waals surface area contributed by atoms with Gasteiger partial charge in [-0.1, -0.05) is 13.0 Å². The van der Waals surface area contributed by atoms with Gasteiger partial charge in [0.2, 0.25) is 11.8 Å². The summed E-state index contributed by atoms with van der Waals surface area (Å²) in [5, 5.41) is 7.90. The van der Waals surface area contributed by atoms with E-state index >= 15 is 0 Å². The first-order valence-electron chi connectivity index (χ1n) is 6.00. The zero-order valence-electron chi connectivity index (χ0n) is 11.0. The first kappa shape index (κ1) is 15.1. The summed E-state index contributed by atoms with van der Waals surface area (Å²) in [6.07, 6.45) is 0. The minimum absolute atomic E-state index is 0.136. The van der Waals surface area contributed by atoms with Crippen LogP contribution in [0.3, 0.4) is 0 Å². The fourth-order valence-electron chi connectivity index (χ4n) is 1.51. The van der Waals surface area contributed by atoms with Crippen molar-refractivity contribution in [3.8, 4) is 0 Å². The highest BCUT2D eigenvalue weighted by atomic mass is 19.1. The number of nitrogens with one attached hydrogen (secondary N) is 3. The molecule has 1 aromatic rings. The Labute approximate surface area is 111 Å². The summed E-state index contributed by atoms with van der Waals surface area (Å²) in [5.74, 6) is -1.24. The predicted molar refractivity (Wildman–Crippen MR) is 71.1 cm³/mol. The van der Waals surface area contributed by atoms with Crippen molar-refractivity contribution in [3.63, 3.8) is 0 Å². The Kier molecular flexibility index (Phi) is 5.95. The lowest BCUT2D eigenvalue weighted by atomic mass is 10.1. The lowest BCUT2D eigenvalue weighted by molar-refractivity contribution is -0.126. The van der Waals surface area contributed by atoms with Gasteiger partial charge in [-0.05, 0) is 25.2 Å². The summed E-state index contributed by atoms with van der Waals surface area (Å²) < 4.78 is 12.9. The molecule has 0 aliphatic heterocycles. The topological polar surface area (TPSA) is 70.2 Å². The standard InChI is InChI=1S/C13H18FN3O2/c1-9(7-15-2)13(19)16-8-12(18)17-11-5-3-4-10(14)6-11/h3-6,9,15H,7-8H2,1-2H3,(H,16,19)(H,17,18). The number of carbonyl (C=O) groups excluding carboxylic acids is 2. The lowest BCUT2D eigenvalue weighted by Gasteiger charge is -2.11. The van der Waals surface area contributed by atoms with E-state index in [-0.39, 0.29) is 18.4 Å². The van der Waals surface area contributed by atoms with E-state index in [0.29, 0.717) is 12.2 Å². The predicted octanol–water partition coefficient (Wildman–Crippen LogP) is 0.736. The number of rotatable bonds is 6. The third kappa shape index (κ3) is 5.48. The first-order chi connectivity index (χ1) is 9.02. The van der Waals surface area contributed by atoms with Crippen molar-refractivity contribution >= 4 is 17.5 Å². The minimum atomic E-state index is -0.426. The van der Waals surface area contributed by atoms with Crippen LogP contribution in [0.1, 0.15) is 6.92 Å². The summed E-state index contributed by atoms with van der Waals surface area (Å²) in [6, 6.07) is 5.57. The Morgan fingerprint density at radius 2 is 2.11 bits per heavy atom. The summed E-state index contributed by atoms with van der Waals surface area (Å²) in [4.78, 5) is 23.1. The van der Waals surface area contributed by atoms with Gasteiger partial charge >= 0.3 is 0 Å². The van der Waals surface area contributed by atoms with Crippen molar-refractivity contribution in [2.24, 2.45) is 5.92 Å². The minimum Gasteiger partial charge on any atom is -0.347 e. The van der Waals surface area contributed by atoms with Crippen LogP contribution in [0.5, 0.6) is 0 Å². The molecule has 1 rings (SSSR count). The second-order valence-electron chi connectivity index (χ2n) is 4.24. The molecule has 3 N–H and O–H groups in total. The van der Waals surface area contributed by atoms with E-state index in [4.69, 9.17) is 0 Å². The van der Waals surface area contributed by atoms with Crippen LogP contribution in [0.25, 0.3) is 0 Å². The van der Waals surface area contributed by atoms with E-state index in [1.807, 2.05) is 0 Å². The number of hydrogen-bond acceptors (Lipinski definition) is 3. The van der Waals surface area contributed by atoms with Crippen LogP contribution < -0.4 is 16.0 Å². The molecule has 0 aromatic heterocycles. The van der Waals surface area contributed by atoms with Crippen LogP contribution in [0, 0.1) is 11.7 Å². The van der Waals surface area contributed by atoms with E-state index in [1.165, 1.54) is 18.2 Å². The molecule has 0 radical (unpaired) electrons. The molecule has 1 aromatic carbocycles. The summed E-state index contributed by atoms with van der Waals surface area (Å²) in [7, 11) is 1.75. The number of benzene rings is 1. The number of halogens is 1. The fourth-order valence-corrected chi connectivity index (χ4v) is 1.51. The van der Waals surface area contributed by atoms with Gasteiger partial charge in [-0.15, -0.1) is 0 Å². The normalized spacial score (nSPS) is 11.7. The molecule has 1 atom stereocenters. The zero-order chi connectivity index (χ0) is 14.3. The van der Waals surface area contributed by atoms with Crippen molar-refractivity contribution < 1.29 is 14.0 Å². The maximum absolute atomic E-state index is 12.9. The molecule has 5 nitrogen and oxygen atoms in total. The van der Waals surface area contributed by atoms with Crippen LogP contribution in [0.4, 0.5) is 10.1 Å². The van der Waals surface area contributed by atoms with Crippen LogP contribution in [-0.2, 0) is 9.59 Å². The molecule has 0 heterocycles. The third-order valence-corrected chi connectivity index (χ3v) is 2.49. The number of amides is 2. The molecule has 6 heteroatoms. The number of carbonyl (C=O) groups is 2. The molecular formula is C13H18FN3O2. The largest absolute Gasteiger partial charge is 0.347 e.